The van der Waals surface area contributed by atoms with E-state index in [4.69, 9.17) is 0 Å². The Kier molecular flexibility index (Phi) is 11.6. The third-order valence-electron chi connectivity index (χ3n) is 19.3. The van der Waals surface area contributed by atoms with E-state index < -0.39 is 0 Å². The number of hydrogen-bond donors (Lipinski definition) is 0. The van der Waals surface area contributed by atoms with Gasteiger partial charge in [0.1, 0.15) is 0 Å². The average molecular weight is 1170 g/mol. The Morgan fingerprint density at radius 2 is 0.484 bits per heavy atom. The van der Waals surface area contributed by atoms with Crippen molar-refractivity contribution in [1.29, 1.82) is 0 Å². The lowest BCUT2D eigenvalue weighted by Gasteiger charge is -2.20. The van der Waals surface area contributed by atoms with Crippen molar-refractivity contribution in [3.8, 4) is 78.1 Å². The normalized spacial score (nSPS) is 12.0. The summed E-state index contributed by atoms with van der Waals surface area (Å²) in [5, 5.41) is 17.2. The molecule has 0 saturated heterocycles. The summed E-state index contributed by atoms with van der Waals surface area (Å²) in [6.45, 7) is 0. The van der Waals surface area contributed by atoms with Gasteiger partial charge in [-0.2, -0.15) is 0 Å². The zero-order valence-electron chi connectivity index (χ0n) is 49.5. The van der Waals surface area contributed by atoms with E-state index in [1.165, 1.54) is 185 Å². The van der Waals surface area contributed by atoms with E-state index in [1.54, 1.807) is 0 Å². The van der Waals surface area contributed by atoms with Crippen molar-refractivity contribution >= 4 is 118 Å². The summed E-state index contributed by atoms with van der Waals surface area (Å²) in [6, 6.07) is 122. The van der Waals surface area contributed by atoms with Gasteiger partial charge in [0, 0.05) is 68.8 Å². The van der Waals surface area contributed by atoms with Crippen LogP contribution in [0.2, 0.25) is 0 Å². The fraction of sp³-hybridized carbons (Fsp3) is 0. The van der Waals surface area contributed by atoms with Crippen LogP contribution >= 0.6 is 11.3 Å². The smallest absolute Gasteiger partial charge is 0.0619 e. The van der Waals surface area contributed by atoms with Crippen molar-refractivity contribution in [1.82, 2.24) is 9.13 Å². The lowest BCUT2D eigenvalue weighted by molar-refractivity contribution is 1.21. The van der Waals surface area contributed by atoms with Crippen molar-refractivity contribution in [3.05, 3.63) is 328 Å². The van der Waals surface area contributed by atoms with Gasteiger partial charge in [0.2, 0.25) is 0 Å². The number of thiophene rings is 1. The summed E-state index contributed by atoms with van der Waals surface area (Å²) in [5.41, 5.74) is 21.7. The van der Waals surface area contributed by atoms with Crippen LogP contribution in [0.15, 0.2) is 328 Å². The molecule has 0 N–H and O–H groups in total. The van der Waals surface area contributed by atoms with E-state index in [9.17, 15) is 0 Å². The fourth-order valence-corrected chi connectivity index (χ4v) is 16.4. The molecule has 0 unspecified atom stereocenters. The minimum atomic E-state index is 1.18. The zero-order valence-corrected chi connectivity index (χ0v) is 50.3. The van der Waals surface area contributed by atoms with Crippen LogP contribution in [0.5, 0.6) is 0 Å². The number of nitrogens with zero attached hydrogens (tertiary/aromatic N) is 2. The summed E-state index contributed by atoms with van der Waals surface area (Å²) >= 11 is 1.91. The van der Waals surface area contributed by atoms with Gasteiger partial charge in [-0.3, -0.25) is 0 Å². The van der Waals surface area contributed by atoms with Gasteiger partial charge in [0.05, 0.1) is 33.4 Å². The van der Waals surface area contributed by atoms with E-state index >= 15 is 0 Å². The van der Waals surface area contributed by atoms with Crippen LogP contribution in [0.3, 0.4) is 0 Å². The second-order valence-electron chi connectivity index (χ2n) is 24.2. The van der Waals surface area contributed by atoms with Crippen molar-refractivity contribution in [3.63, 3.8) is 0 Å². The third kappa shape index (κ3) is 7.98. The first-order valence-corrected chi connectivity index (χ1v) is 32.2. The molecular weight excluding hydrogens is 1120 g/mol. The van der Waals surface area contributed by atoms with Crippen molar-refractivity contribution < 1.29 is 0 Å². The molecule has 91 heavy (non-hydrogen) atoms. The predicted octanol–water partition coefficient (Wildman–Crippen LogP) is 24.9. The van der Waals surface area contributed by atoms with Crippen LogP contribution in [0.25, 0.3) is 185 Å². The van der Waals surface area contributed by atoms with Crippen LogP contribution in [0, 0.1) is 0 Å². The predicted molar refractivity (Wildman–Crippen MR) is 391 cm³/mol. The molecule has 0 saturated carbocycles. The van der Waals surface area contributed by atoms with Crippen molar-refractivity contribution in [2.24, 2.45) is 0 Å². The highest BCUT2D eigenvalue weighted by Crippen LogP contribution is 2.51. The number of aromatic nitrogens is 2. The Morgan fingerprint density at radius 1 is 0.187 bits per heavy atom. The Morgan fingerprint density at radius 3 is 0.846 bits per heavy atom. The van der Waals surface area contributed by atoms with Gasteiger partial charge in [0.15, 0.2) is 0 Å². The third-order valence-corrected chi connectivity index (χ3v) is 20.5. The number of hydrogen-bond acceptors (Lipinski definition) is 1. The molecule has 19 aromatic rings. The summed E-state index contributed by atoms with van der Waals surface area (Å²) in [4.78, 5) is 0. The van der Waals surface area contributed by atoms with E-state index in [0.29, 0.717) is 0 Å². The summed E-state index contributed by atoms with van der Waals surface area (Å²) in [7, 11) is 0. The van der Waals surface area contributed by atoms with Gasteiger partial charge in [-0.1, -0.05) is 267 Å². The lowest BCUT2D eigenvalue weighted by atomic mass is 9.89. The van der Waals surface area contributed by atoms with Crippen LogP contribution in [0.4, 0.5) is 0 Å². The second kappa shape index (κ2) is 20.5. The molecular formula is C88H54N2S. The SMILES string of the molecule is c1ccc(-c2ccc3c(c2)c2cc(-c4ccccc4)ccc2n3-c2c3ccccc3c(-c3ccc4sc5c(-c6c7ccccc7c(-n7c8ccc(-c9ccccc9)cc8c8cc(-c9ccccc9)ccc87)c7ccccc67)cccc5c4c3)c3ccccc23)cc1. The molecule has 0 radical (unpaired) electrons. The lowest BCUT2D eigenvalue weighted by Crippen LogP contribution is -1.99. The maximum atomic E-state index is 2.55. The summed E-state index contributed by atoms with van der Waals surface area (Å²) in [6.07, 6.45) is 0. The molecule has 3 heteroatoms. The summed E-state index contributed by atoms with van der Waals surface area (Å²) in [5.74, 6) is 0. The number of rotatable bonds is 8. The molecule has 0 aliphatic rings. The standard InChI is InChI=1S/C88H54N2S/c1-5-22-55(23-6-1)59-40-45-79-74(50-59)75-51-60(56-24-7-2-8-25-56)41-46-80(75)89(79)86-68-34-17-13-30-64(68)84(65-31-14-18-35-69(65)86)63-44-49-83-78(54-63)72-38-21-39-73(88(72)91-83)85-66-32-15-19-36-70(66)87(71-37-20-16-33-67(71)85)90-81-47-42-61(57-26-9-3-10-27-57)52-76(81)77-53-62(43-48-82(77)90)58-28-11-4-12-29-58/h1-54H. The van der Waals surface area contributed by atoms with E-state index in [0.717, 1.165) is 0 Å². The molecule has 0 aliphatic heterocycles. The monoisotopic (exact) mass is 1170 g/mol. The van der Waals surface area contributed by atoms with Gasteiger partial charge >= 0.3 is 0 Å². The summed E-state index contributed by atoms with van der Waals surface area (Å²) < 4.78 is 7.66. The highest BCUT2D eigenvalue weighted by molar-refractivity contribution is 7.26. The van der Waals surface area contributed by atoms with Gasteiger partial charge in [-0.05, 0) is 143 Å². The molecule has 0 spiro atoms. The first-order valence-electron chi connectivity index (χ1n) is 31.4. The maximum absolute atomic E-state index is 2.55. The molecule has 0 aliphatic carbocycles. The molecule has 16 aromatic carbocycles. The Balaban J connectivity index is 0.801. The van der Waals surface area contributed by atoms with Gasteiger partial charge in [-0.15, -0.1) is 11.3 Å². The minimum absolute atomic E-state index is 1.18. The van der Waals surface area contributed by atoms with Crippen LogP contribution in [-0.2, 0) is 0 Å². The molecule has 0 bridgehead atoms. The maximum Gasteiger partial charge on any atom is 0.0619 e. The van der Waals surface area contributed by atoms with Gasteiger partial charge < -0.3 is 9.13 Å². The number of fused-ring (bicyclic) bond motifs is 13. The van der Waals surface area contributed by atoms with Crippen molar-refractivity contribution in [2.75, 3.05) is 0 Å². The molecule has 0 fully saturated rings. The Hall–Kier alpha value is -11.6. The molecule has 19 rings (SSSR count). The van der Waals surface area contributed by atoms with Crippen LogP contribution in [-0.4, -0.2) is 9.13 Å². The van der Waals surface area contributed by atoms with Crippen molar-refractivity contribution in [2.45, 2.75) is 0 Å². The zero-order chi connectivity index (χ0) is 59.7. The highest BCUT2D eigenvalue weighted by atomic mass is 32.1. The molecule has 0 amide bonds. The highest BCUT2D eigenvalue weighted by Gasteiger charge is 2.26. The van der Waals surface area contributed by atoms with E-state index in [2.05, 4.69) is 337 Å². The fourth-order valence-electron chi connectivity index (χ4n) is 15.2. The molecule has 3 heterocycles. The average Bonchev–Trinajstić information content (AvgIpc) is 1.69. The Labute approximate surface area is 529 Å². The molecule has 3 aromatic heterocycles. The van der Waals surface area contributed by atoms with Crippen LogP contribution in [0.1, 0.15) is 0 Å². The Bertz CT molecular complexity index is 5860. The molecule has 0 atom stereocenters. The topological polar surface area (TPSA) is 9.86 Å². The molecule has 422 valence electrons. The largest absolute Gasteiger partial charge is 0.308 e. The van der Waals surface area contributed by atoms with E-state index in [1.807, 2.05) is 11.3 Å². The first kappa shape index (κ1) is 51.4. The van der Waals surface area contributed by atoms with Crippen LogP contribution < -0.4 is 0 Å². The quantitative estimate of drug-likeness (QED) is 0.134. The van der Waals surface area contributed by atoms with E-state index in [-0.39, 0.29) is 0 Å². The first-order chi connectivity index (χ1) is 45.2. The van der Waals surface area contributed by atoms with Gasteiger partial charge in [-0.25, -0.2) is 0 Å². The second-order valence-corrected chi connectivity index (χ2v) is 25.2. The minimum Gasteiger partial charge on any atom is -0.308 e. The molecule has 2 nitrogen and oxygen atoms in total. The number of benzene rings is 16. The van der Waals surface area contributed by atoms with Gasteiger partial charge in [0.25, 0.3) is 0 Å².